The highest BCUT2D eigenvalue weighted by atomic mass is 32.2. The molecule has 3 fully saturated rings. The van der Waals surface area contributed by atoms with Crippen molar-refractivity contribution in [2.45, 2.75) is 57.5 Å². The fraction of sp³-hybridized carbons (Fsp3) is 0.889. The van der Waals surface area contributed by atoms with Crippen molar-refractivity contribution >= 4 is 15.7 Å². The normalized spacial score (nSPS) is 27.7. The predicted molar refractivity (Wildman–Crippen MR) is 103 cm³/mol. The van der Waals surface area contributed by atoms with Gasteiger partial charge in [0.2, 0.25) is 5.91 Å². The third-order valence-corrected chi connectivity index (χ3v) is 8.47. The van der Waals surface area contributed by atoms with Crippen molar-refractivity contribution in [1.82, 2.24) is 30.0 Å². The van der Waals surface area contributed by atoms with Crippen LogP contribution in [0.2, 0.25) is 0 Å². The van der Waals surface area contributed by atoms with Crippen molar-refractivity contribution in [2.75, 3.05) is 37.7 Å². The number of hydrogen-bond donors (Lipinski definition) is 0. The van der Waals surface area contributed by atoms with Crippen LogP contribution in [0, 0.1) is 5.41 Å². The Kier molecular flexibility index (Phi) is 5.69. The van der Waals surface area contributed by atoms with Crippen molar-refractivity contribution in [2.24, 2.45) is 5.41 Å². The second kappa shape index (κ2) is 8.06. The summed E-state index contributed by atoms with van der Waals surface area (Å²) < 4.78 is 25.2. The van der Waals surface area contributed by atoms with Gasteiger partial charge in [-0.2, -0.15) is 0 Å². The maximum absolute atomic E-state index is 13.1. The molecule has 1 aromatic heterocycles. The number of rotatable bonds is 5. The third-order valence-electron chi connectivity index (χ3n) is 6.72. The molecule has 2 aliphatic heterocycles. The minimum Gasteiger partial charge on any atom is -0.340 e. The zero-order valence-electron chi connectivity index (χ0n) is 16.4. The summed E-state index contributed by atoms with van der Waals surface area (Å²) >= 11 is 0. The number of piperazine rings is 1. The number of amides is 1. The van der Waals surface area contributed by atoms with Gasteiger partial charge in [-0.25, -0.2) is 13.1 Å². The highest BCUT2D eigenvalue weighted by Gasteiger charge is 2.38. The van der Waals surface area contributed by atoms with Gasteiger partial charge in [0.05, 0.1) is 18.1 Å². The molecular formula is C18H30N6O3S. The minimum atomic E-state index is -2.87. The first-order valence-electron chi connectivity index (χ1n) is 10.4. The van der Waals surface area contributed by atoms with E-state index < -0.39 is 9.84 Å². The molecule has 1 unspecified atom stereocenters. The van der Waals surface area contributed by atoms with Gasteiger partial charge < -0.3 is 4.90 Å². The SMILES string of the molecule is O=C(CC1(Cn2cnnn2)CCCCC1)N1CCN(C2CCS(=O)(=O)C2)CC1. The third kappa shape index (κ3) is 4.53. The fourth-order valence-corrected chi connectivity index (χ4v) is 6.88. The molecule has 2 saturated heterocycles. The molecule has 0 spiro atoms. The lowest BCUT2D eigenvalue weighted by atomic mass is 9.71. The second-order valence-electron chi connectivity index (χ2n) is 8.72. The van der Waals surface area contributed by atoms with Gasteiger partial charge in [-0.15, -0.1) is 5.10 Å². The van der Waals surface area contributed by atoms with E-state index >= 15 is 0 Å². The van der Waals surface area contributed by atoms with Gasteiger partial charge in [-0.05, 0) is 35.1 Å². The summed E-state index contributed by atoms with van der Waals surface area (Å²) in [5.74, 6) is 0.792. The molecule has 0 N–H and O–H groups in total. The summed E-state index contributed by atoms with van der Waals surface area (Å²) in [6, 6.07) is 0.131. The van der Waals surface area contributed by atoms with E-state index in [1.165, 1.54) is 6.42 Å². The van der Waals surface area contributed by atoms with Gasteiger partial charge in [0.15, 0.2) is 9.84 Å². The Morgan fingerprint density at radius 2 is 1.86 bits per heavy atom. The van der Waals surface area contributed by atoms with Gasteiger partial charge in [-0.3, -0.25) is 9.69 Å². The molecule has 3 heterocycles. The van der Waals surface area contributed by atoms with Crippen molar-refractivity contribution in [3.63, 3.8) is 0 Å². The molecule has 3 aliphatic rings. The molecular weight excluding hydrogens is 380 g/mol. The largest absolute Gasteiger partial charge is 0.340 e. The fourth-order valence-electron chi connectivity index (χ4n) is 5.12. The lowest BCUT2D eigenvalue weighted by Gasteiger charge is -2.41. The van der Waals surface area contributed by atoms with Crippen LogP contribution in [-0.2, 0) is 21.2 Å². The van der Waals surface area contributed by atoms with E-state index in [0.717, 1.165) is 45.2 Å². The monoisotopic (exact) mass is 410 g/mol. The van der Waals surface area contributed by atoms with Crippen LogP contribution in [0.1, 0.15) is 44.9 Å². The maximum Gasteiger partial charge on any atom is 0.223 e. The van der Waals surface area contributed by atoms with Crippen molar-refractivity contribution < 1.29 is 13.2 Å². The molecule has 1 aromatic rings. The molecule has 156 valence electrons. The summed E-state index contributed by atoms with van der Waals surface area (Å²) in [5, 5.41) is 11.5. The maximum atomic E-state index is 13.1. The van der Waals surface area contributed by atoms with Crippen LogP contribution in [0.15, 0.2) is 6.33 Å². The van der Waals surface area contributed by atoms with E-state index in [-0.39, 0.29) is 23.1 Å². The topological polar surface area (TPSA) is 101 Å². The second-order valence-corrected chi connectivity index (χ2v) is 10.9. The number of sulfone groups is 1. The van der Waals surface area contributed by atoms with Gasteiger partial charge in [0, 0.05) is 38.6 Å². The van der Waals surface area contributed by atoms with E-state index in [1.54, 1.807) is 11.0 Å². The van der Waals surface area contributed by atoms with Gasteiger partial charge in [0.1, 0.15) is 6.33 Å². The predicted octanol–water partition coefficient (Wildman–Crippen LogP) is 0.345. The summed E-state index contributed by atoms with van der Waals surface area (Å²) in [6.45, 7) is 3.62. The molecule has 10 heteroatoms. The van der Waals surface area contributed by atoms with Crippen molar-refractivity contribution in [3.05, 3.63) is 6.33 Å². The minimum absolute atomic E-state index is 0.0542. The molecule has 1 atom stereocenters. The van der Waals surface area contributed by atoms with Crippen LogP contribution in [-0.4, -0.2) is 88.1 Å². The quantitative estimate of drug-likeness (QED) is 0.690. The Morgan fingerprint density at radius 3 is 2.46 bits per heavy atom. The number of carbonyl (C=O) groups excluding carboxylic acids is 1. The Bertz CT molecular complexity index is 767. The first-order chi connectivity index (χ1) is 13.4. The van der Waals surface area contributed by atoms with E-state index in [9.17, 15) is 13.2 Å². The first kappa shape index (κ1) is 19.8. The van der Waals surface area contributed by atoms with Crippen LogP contribution in [0.25, 0.3) is 0 Å². The first-order valence-corrected chi connectivity index (χ1v) is 12.2. The van der Waals surface area contributed by atoms with Crippen LogP contribution < -0.4 is 0 Å². The van der Waals surface area contributed by atoms with Crippen molar-refractivity contribution in [1.29, 1.82) is 0 Å². The lowest BCUT2D eigenvalue weighted by Crippen LogP contribution is -2.53. The lowest BCUT2D eigenvalue weighted by molar-refractivity contribution is -0.136. The Labute approximate surface area is 166 Å². The van der Waals surface area contributed by atoms with Crippen LogP contribution in [0.3, 0.4) is 0 Å². The number of tetrazole rings is 1. The summed E-state index contributed by atoms with van der Waals surface area (Å²) in [4.78, 5) is 17.3. The molecule has 0 radical (unpaired) electrons. The molecule has 4 rings (SSSR count). The molecule has 28 heavy (non-hydrogen) atoms. The van der Waals surface area contributed by atoms with Crippen LogP contribution >= 0.6 is 0 Å². The van der Waals surface area contributed by atoms with E-state index in [4.69, 9.17) is 0 Å². The van der Waals surface area contributed by atoms with Crippen LogP contribution in [0.4, 0.5) is 0 Å². The molecule has 9 nitrogen and oxygen atoms in total. The summed E-state index contributed by atoms with van der Waals surface area (Å²) in [5.41, 5.74) is -0.0542. The summed E-state index contributed by atoms with van der Waals surface area (Å²) in [6.07, 6.45) is 8.52. The van der Waals surface area contributed by atoms with E-state index in [2.05, 4.69) is 20.4 Å². The average Bonchev–Trinajstić information content (AvgIpc) is 3.31. The number of carbonyl (C=O) groups is 1. The number of nitrogens with zero attached hydrogens (tertiary/aromatic N) is 6. The Morgan fingerprint density at radius 1 is 1.11 bits per heavy atom. The van der Waals surface area contributed by atoms with Crippen molar-refractivity contribution in [3.8, 4) is 0 Å². The van der Waals surface area contributed by atoms with E-state index in [0.29, 0.717) is 31.8 Å². The highest BCUT2D eigenvalue weighted by Crippen LogP contribution is 2.41. The Balaban J connectivity index is 1.34. The average molecular weight is 411 g/mol. The summed E-state index contributed by atoms with van der Waals surface area (Å²) in [7, 11) is -2.87. The molecule has 1 amide bonds. The number of hydrogen-bond acceptors (Lipinski definition) is 7. The number of aromatic nitrogens is 4. The molecule has 0 bridgehead atoms. The molecule has 1 aliphatic carbocycles. The van der Waals surface area contributed by atoms with Gasteiger partial charge >= 0.3 is 0 Å². The van der Waals surface area contributed by atoms with Crippen LogP contribution in [0.5, 0.6) is 0 Å². The van der Waals surface area contributed by atoms with Gasteiger partial charge in [0.25, 0.3) is 0 Å². The highest BCUT2D eigenvalue weighted by molar-refractivity contribution is 7.91. The standard InChI is InChI=1S/C18H30N6O3S/c25-17(12-18(5-2-1-3-6-18)14-24-15-19-20-21-24)23-9-7-22(8-10-23)16-4-11-28(26,27)13-16/h15-16H,1-14H2. The zero-order chi connectivity index (χ0) is 19.6. The Hall–Kier alpha value is -1.55. The van der Waals surface area contributed by atoms with E-state index in [1.807, 2.05) is 4.90 Å². The molecule has 1 saturated carbocycles. The molecule has 0 aromatic carbocycles. The van der Waals surface area contributed by atoms with Gasteiger partial charge in [-0.1, -0.05) is 19.3 Å². The smallest absolute Gasteiger partial charge is 0.223 e. The zero-order valence-corrected chi connectivity index (χ0v) is 17.2.